The van der Waals surface area contributed by atoms with Gasteiger partial charge in [-0.25, -0.2) is 0 Å². The molecule has 1 fully saturated rings. The molecule has 1 aliphatic carbocycles. The molecule has 0 spiro atoms. The predicted molar refractivity (Wildman–Crippen MR) is 69.5 cm³/mol. The largest absolute Gasteiger partial charge is 0.307 e. The van der Waals surface area contributed by atoms with Crippen LogP contribution in [0.4, 0.5) is 0 Å². The number of hydrogen-bond acceptors (Lipinski definition) is 2. The Labute approximate surface area is 104 Å². The molecule has 2 rings (SSSR count). The molecule has 0 radical (unpaired) electrons. The summed E-state index contributed by atoms with van der Waals surface area (Å²) >= 11 is 0. The van der Waals surface area contributed by atoms with E-state index in [1.165, 1.54) is 37.7 Å². The summed E-state index contributed by atoms with van der Waals surface area (Å²) in [6, 6.07) is 10.0. The van der Waals surface area contributed by atoms with Gasteiger partial charge in [0.25, 0.3) is 0 Å². The Morgan fingerprint density at radius 3 is 2.41 bits per heavy atom. The summed E-state index contributed by atoms with van der Waals surface area (Å²) in [4.78, 5) is 0. The quantitative estimate of drug-likeness (QED) is 0.861. The van der Waals surface area contributed by atoms with Gasteiger partial charge in [-0.1, -0.05) is 31.4 Å². The van der Waals surface area contributed by atoms with Crippen molar-refractivity contribution < 1.29 is 0 Å². The number of rotatable bonds is 3. The number of hydrogen-bond donors (Lipinski definition) is 1. The van der Waals surface area contributed by atoms with Crippen molar-refractivity contribution in [3.63, 3.8) is 0 Å². The van der Waals surface area contributed by atoms with Gasteiger partial charge in [0, 0.05) is 12.1 Å². The Bertz CT molecular complexity index is 394. The van der Waals surface area contributed by atoms with Gasteiger partial charge in [0.1, 0.15) is 0 Å². The highest BCUT2D eigenvalue weighted by Gasteiger charge is 2.25. The highest BCUT2D eigenvalue weighted by atomic mass is 15.0. The Morgan fingerprint density at radius 1 is 1.18 bits per heavy atom. The molecule has 0 saturated heterocycles. The molecule has 0 bridgehead atoms. The lowest BCUT2D eigenvalue weighted by molar-refractivity contribution is 0.252. The third-order valence-electron chi connectivity index (χ3n) is 3.76. The van der Waals surface area contributed by atoms with Crippen LogP contribution in [0.3, 0.4) is 0 Å². The van der Waals surface area contributed by atoms with Crippen LogP contribution < -0.4 is 5.32 Å². The second-order valence-electron chi connectivity index (χ2n) is 5.28. The van der Waals surface area contributed by atoms with Crippen molar-refractivity contribution in [3.05, 3.63) is 35.4 Å². The minimum Gasteiger partial charge on any atom is -0.307 e. The summed E-state index contributed by atoms with van der Waals surface area (Å²) in [7, 11) is 0. The van der Waals surface area contributed by atoms with Gasteiger partial charge in [0.15, 0.2) is 0 Å². The van der Waals surface area contributed by atoms with E-state index in [0.29, 0.717) is 5.54 Å². The lowest BCUT2D eigenvalue weighted by atomic mass is 9.83. The molecule has 0 atom stereocenters. The SMILES string of the molecule is CC1(NCc2ccc(C#N)cc2)CCCCC1. The van der Waals surface area contributed by atoms with Gasteiger partial charge < -0.3 is 5.32 Å². The molecule has 0 unspecified atom stereocenters. The number of benzene rings is 1. The van der Waals surface area contributed by atoms with E-state index in [4.69, 9.17) is 5.26 Å². The van der Waals surface area contributed by atoms with Crippen LogP contribution in [-0.4, -0.2) is 5.54 Å². The fourth-order valence-electron chi connectivity index (χ4n) is 2.52. The first-order valence-corrected chi connectivity index (χ1v) is 6.46. The standard InChI is InChI=1S/C15H20N2/c1-15(9-3-2-4-10-15)17-12-14-7-5-13(11-16)6-8-14/h5-8,17H,2-4,9-10,12H2,1H3. The molecule has 1 aromatic carbocycles. The third-order valence-corrected chi connectivity index (χ3v) is 3.76. The Hall–Kier alpha value is -1.33. The van der Waals surface area contributed by atoms with Crippen molar-refractivity contribution >= 4 is 0 Å². The zero-order chi connectivity index (χ0) is 12.1. The van der Waals surface area contributed by atoms with Crippen molar-refractivity contribution in [1.82, 2.24) is 5.32 Å². The molecule has 0 heterocycles. The average molecular weight is 228 g/mol. The Kier molecular flexibility index (Phi) is 3.81. The maximum Gasteiger partial charge on any atom is 0.0991 e. The van der Waals surface area contributed by atoms with E-state index in [-0.39, 0.29) is 0 Å². The van der Waals surface area contributed by atoms with Crippen LogP contribution in [0.2, 0.25) is 0 Å². The molecule has 90 valence electrons. The van der Waals surface area contributed by atoms with Gasteiger partial charge in [-0.05, 0) is 37.5 Å². The van der Waals surface area contributed by atoms with Gasteiger partial charge in [-0.3, -0.25) is 0 Å². The Morgan fingerprint density at radius 2 is 1.82 bits per heavy atom. The molecule has 1 N–H and O–H groups in total. The summed E-state index contributed by atoms with van der Waals surface area (Å²) in [5, 5.41) is 12.4. The van der Waals surface area contributed by atoms with Crippen molar-refractivity contribution in [2.45, 2.75) is 51.1 Å². The molecule has 17 heavy (non-hydrogen) atoms. The summed E-state index contributed by atoms with van der Waals surface area (Å²) in [5.41, 5.74) is 2.31. The zero-order valence-electron chi connectivity index (χ0n) is 10.5. The van der Waals surface area contributed by atoms with E-state index in [1.807, 2.05) is 24.3 Å². The van der Waals surface area contributed by atoms with Crippen molar-refractivity contribution in [2.24, 2.45) is 0 Å². The number of nitrogens with zero attached hydrogens (tertiary/aromatic N) is 1. The zero-order valence-corrected chi connectivity index (χ0v) is 10.5. The maximum absolute atomic E-state index is 8.74. The smallest absolute Gasteiger partial charge is 0.0991 e. The molecule has 1 saturated carbocycles. The molecule has 0 aliphatic heterocycles. The van der Waals surface area contributed by atoms with Crippen molar-refractivity contribution in [3.8, 4) is 6.07 Å². The first-order valence-electron chi connectivity index (χ1n) is 6.46. The first kappa shape index (κ1) is 12.1. The second kappa shape index (κ2) is 5.33. The van der Waals surface area contributed by atoms with Crippen LogP contribution in [0.15, 0.2) is 24.3 Å². The van der Waals surface area contributed by atoms with E-state index < -0.39 is 0 Å². The summed E-state index contributed by atoms with van der Waals surface area (Å²) < 4.78 is 0. The first-order chi connectivity index (χ1) is 8.22. The minimum atomic E-state index is 0.312. The van der Waals surface area contributed by atoms with Gasteiger partial charge >= 0.3 is 0 Å². The van der Waals surface area contributed by atoms with Crippen LogP contribution in [0.1, 0.15) is 50.2 Å². The van der Waals surface area contributed by atoms with Gasteiger partial charge in [0.05, 0.1) is 11.6 Å². The predicted octanol–water partition coefficient (Wildman–Crippen LogP) is 3.37. The third kappa shape index (κ3) is 3.31. The summed E-state index contributed by atoms with van der Waals surface area (Å²) in [5.74, 6) is 0. The maximum atomic E-state index is 8.74. The minimum absolute atomic E-state index is 0.312. The van der Waals surface area contributed by atoms with Gasteiger partial charge in [-0.2, -0.15) is 5.26 Å². The number of nitrogens with one attached hydrogen (secondary N) is 1. The molecule has 2 nitrogen and oxygen atoms in total. The fourth-order valence-corrected chi connectivity index (χ4v) is 2.52. The van der Waals surface area contributed by atoms with Crippen LogP contribution in [0.5, 0.6) is 0 Å². The second-order valence-corrected chi connectivity index (χ2v) is 5.28. The van der Waals surface area contributed by atoms with Crippen LogP contribution in [-0.2, 0) is 6.54 Å². The van der Waals surface area contributed by atoms with Crippen molar-refractivity contribution in [1.29, 1.82) is 5.26 Å². The van der Waals surface area contributed by atoms with Gasteiger partial charge in [-0.15, -0.1) is 0 Å². The highest BCUT2D eigenvalue weighted by molar-refractivity contribution is 5.31. The lowest BCUT2D eigenvalue weighted by Crippen LogP contribution is -2.43. The van der Waals surface area contributed by atoms with Crippen LogP contribution in [0, 0.1) is 11.3 Å². The summed E-state index contributed by atoms with van der Waals surface area (Å²) in [6.45, 7) is 3.23. The molecule has 1 aliphatic rings. The van der Waals surface area contributed by atoms with Crippen molar-refractivity contribution in [2.75, 3.05) is 0 Å². The van der Waals surface area contributed by atoms with E-state index in [9.17, 15) is 0 Å². The van der Waals surface area contributed by atoms with E-state index in [2.05, 4.69) is 18.3 Å². The highest BCUT2D eigenvalue weighted by Crippen LogP contribution is 2.27. The topological polar surface area (TPSA) is 35.8 Å². The lowest BCUT2D eigenvalue weighted by Gasteiger charge is -2.34. The molecular weight excluding hydrogens is 208 g/mol. The monoisotopic (exact) mass is 228 g/mol. The van der Waals surface area contributed by atoms with E-state index >= 15 is 0 Å². The van der Waals surface area contributed by atoms with E-state index in [1.54, 1.807) is 0 Å². The molecule has 1 aromatic rings. The van der Waals surface area contributed by atoms with Gasteiger partial charge in [0.2, 0.25) is 0 Å². The van der Waals surface area contributed by atoms with Crippen LogP contribution in [0.25, 0.3) is 0 Å². The van der Waals surface area contributed by atoms with Crippen LogP contribution >= 0.6 is 0 Å². The molecular formula is C15H20N2. The molecule has 2 heteroatoms. The normalized spacial score (nSPS) is 18.6. The average Bonchev–Trinajstić information content (AvgIpc) is 2.38. The number of nitriles is 1. The fraction of sp³-hybridized carbons (Fsp3) is 0.533. The summed E-state index contributed by atoms with van der Waals surface area (Å²) in [6.07, 6.45) is 6.63. The molecule has 0 amide bonds. The Balaban J connectivity index is 1.90. The molecule has 0 aromatic heterocycles. The van der Waals surface area contributed by atoms with E-state index in [0.717, 1.165) is 12.1 Å².